The van der Waals surface area contributed by atoms with Gasteiger partial charge in [-0.2, -0.15) is 0 Å². The number of anilines is 6. The molecule has 4 heteroatoms. The van der Waals surface area contributed by atoms with Gasteiger partial charge in [-0.1, -0.05) is 136 Å². The summed E-state index contributed by atoms with van der Waals surface area (Å²) in [7, 11) is 0. The molecule has 1 aromatic heterocycles. The summed E-state index contributed by atoms with van der Waals surface area (Å²) in [4.78, 5) is 5.30. The quantitative estimate of drug-likeness (QED) is 0.164. The van der Waals surface area contributed by atoms with Crippen LogP contribution in [0.3, 0.4) is 0 Å². The summed E-state index contributed by atoms with van der Waals surface area (Å²) in [6.45, 7) is 28.5. The largest absolute Gasteiger partial charge is 0.311 e. The molecule has 0 unspecified atom stereocenters. The van der Waals surface area contributed by atoms with Gasteiger partial charge in [0, 0.05) is 43.3 Å². The lowest BCUT2D eigenvalue weighted by Gasteiger charge is -2.47. The van der Waals surface area contributed by atoms with E-state index in [1.807, 2.05) is 11.3 Å². The summed E-state index contributed by atoms with van der Waals surface area (Å²) >= 11 is 2.01. The molecule has 3 aliphatic rings. The van der Waals surface area contributed by atoms with Crippen molar-refractivity contribution in [2.45, 2.75) is 118 Å². The van der Waals surface area contributed by atoms with Gasteiger partial charge in [-0.15, -0.1) is 11.3 Å². The van der Waals surface area contributed by atoms with E-state index in [-0.39, 0.29) is 28.4 Å². The van der Waals surface area contributed by atoms with Crippen LogP contribution in [0.2, 0.25) is 0 Å². The van der Waals surface area contributed by atoms with Gasteiger partial charge in [0.2, 0.25) is 0 Å². The second-order valence-electron chi connectivity index (χ2n) is 21.5. The number of benzene rings is 6. The molecule has 2 aliphatic heterocycles. The first kappa shape index (κ1) is 39.1. The first-order valence-electron chi connectivity index (χ1n) is 22.1. The zero-order valence-electron chi connectivity index (χ0n) is 37.8. The van der Waals surface area contributed by atoms with E-state index >= 15 is 0 Å². The first-order valence-corrected chi connectivity index (χ1v) is 22.9. The minimum Gasteiger partial charge on any atom is -0.311 e. The van der Waals surface area contributed by atoms with Crippen LogP contribution in [-0.4, -0.2) is 6.71 Å². The minimum atomic E-state index is 0.0191. The molecule has 60 heavy (non-hydrogen) atoms. The molecule has 0 radical (unpaired) electrons. The van der Waals surface area contributed by atoms with Crippen LogP contribution in [-0.2, 0) is 21.7 Å². The van der Waals surface area contributed by atoms with Crippen molar-refractivity contribution < 1.29 is 0 Å². The maximum atomic E-state index is 2.67. The Morgan fingerprint density at radius 2 is 1.18 bits per heavy atom. The third-order valence-corrected chi connectivity index (χ3v) is 15.4. The number of fused-ring (bicyclic) bond motifs is 7. The van der Waals surface area contributed by atoms with Crippen LogP contribution in [0, 0.1) is 13.8 Å². The Bertz CT molecular complexity index is 2860. The molecule has 0 saturated heterocycles. The molecule has 10 rings (SSSR count). The van der Waals surface area contributed by atoms with Crippen molar-refractivity contribution >= 4 is 78.0 Å². The first-order chi connectivity index (χ1) is 28.3. The molecule has 6 aromatic carbocycles. The van der Waals surface area contributed by atoms with Crippen molar-refractivity contribution in [2.75, 3.05) is 9.80 Å². The molecular weight excluding hydrogens is 744 g/mol. The van der Waals surface area contributed by atoms with Crippen molar-refractivity contribution in [1.29, 1.82) is 0 Å². The molecule has 0 spiro atoms. The summed E-state index contributed by atoms with van der Waals surface area (Å²) < 4.78 is 2.79. The Labute approximate surface area is 363 Å². The zero-order valence-corrected chi connectivity index (χ0v) is 38.6. The van der Waals surface area contributed by atoms with E-state index in [2.05, 4.69) is 208 Å². The van der Waals surface area contributed by atoms with Crippen LogP contribution < -0.4 is 25.5 Å². The smallest absolute Gasteiger partial charge is 0.264 e. The Hall–Kier alpha value is -5.06. The molecule has 3 heterocycles. The van der Waals surface area contributed by atoms with Gasteiger partial charge in [0.05, 0.1) is 5.69 Å². The molecule has 0 saturated carbocycles. The third kappa shape index (κ3) is 6.03. The van der Waals surface area contributed by atoms with Gasteiger partial charge in [0.25, 0.3) is 6.71 Å². The van der Waals surface area contributed by atoms with E-state index in [4.69, 9.17) is 0 Å². The Balaban J connectivity index is 1.34. The molecule has 2 nitrogen and oxygen atoms in total. The van der Waals surface area contributed by atoms with E-state index in [0.29, 0.717) is 0 Å². The van der Waals surface area contributed by atoms with Crippen molar-refractivity contribution in [3.63, 3.8) is 0 Å². The van der Waals surface area contributed by atoms with E-state index < -0.39 is 0 Å². The van der Waals surface area contributed by atoms with Crippen LogP contribution in [0.25, 0.3) is 21.2 Å². The predicted molar refractivity (Wildman–Crippen MR) is 263 cm³/mol. The molecular formula is C56H59BN2S. The van der Waals surface area contributed by atoms with Gasteiger partial charge in [0.15, 0.2) is 0 Å². The number of hydrogen-bond donors (Lipinski definition) is 0. The summed E-state index contributed by atoms with van der Waals surface area (Å²) in [6, 6.07) is 45.0. The maximum absolute atomic E-state index is 2.67. The Morgan fingerprint density at radius 1 is 0.567 bits per heavy atom. The molecule has 0 amide bonds. The van der Waals surface area contributed by atoms with Crippen LogP contribution in [0.4, 0.5) is 34.1 Å². The van der Waals surface area contributed by atoms with Crippen molar-refractivity contribution in [3.05, 3.63) is 149 Å². The second kappa shape index (κ2) is 13.2. The van der Waals surface area contributed by atoms with Crippen molar-refractivity contribution in [2.24, 2.45) is 0 Å². The summed E-state index contributed by atoms with van der Waals surface area (Å²) in [5.41, 5.74) is 21.5. The standard InChI is InChI=1S/C56H59BN2S/c1-34-28-47-50-48(29-34)59(45-30-37(19-18-35(45)2)36-16-14-13-15-17-36)51-41-31-39(54(6,7)8)22-25-49(41)60-52(51)57(50)44-32-42-43(56(11,12)27-26-55(42,9)10)33-46(44)58(47)40-23-20-38(21-24-40)53(3,4)5/h13-25,28-33H,26-27H2,1-12H3. The molecule has 302 valence electrons. The van der Waals surface area contributed by atoms with Gasteiger partial charge in [-0.3, -0.25) is 0 Å². The Kier molecular flexibility index (Phi) is 8.62. The highest BCUT2D eigenvalue weighted by atomic mass is 32.1. The highest BCUT2D eigenvalue weighted by Gasteiger charge is 2.48. The fourth-order valence-corrected chi connectivity index (χ4v) is 11.7. The van der Waals surface area contributed by atoms with Crippen LogP contribution >= 0.6 is 11.3 Å². The van der Waals surface area contributed by atoms with E-state index in [0.717, 1.165) is 0 Å². The summed E-state index contributed by atoms with van der Waals surface area (Å²) in [5, 5.41) is 1.35. The van der Waals surface area contributed by atoms with E-state index in [9.17, 15) is 0 Å². The maximum Gasteiger partial charge on any atom is 0.264 e. The number of thiophene rings is 1. The van der Waals surface area contributed by atoms with E-state index in [1.165, 1.54) is 117 Å². The molecule has 0 fully saturated rings. The number of hydrogen-bond acceptors (Lipinski definition) is 3. The molecule has 7 aromatic rings. The summed E-state index contributed by atoms with van der Waals surface area (Å²) in [5.74, 6) is 0. The van der Waals surface area contributed by atoms with Crippen LogP contribution in [0.5, 0.6) is 0 Å². The van der Waals surface area contributed by atoms with Crippen molar-refractivity contribution in [1.82, 2.24) is 0 Å². The average Bonchev–Trinajstić information content (AvgIpc) is 3.58. The lowest BCUT2D eigenvalue weighted by Crippen LogP contribution is -2.61. The second-order valence-corrected chi connectivity index (χ2v) is 22.6. The number of aryl methyl sites for hydroxylation is 2. The molecule has 0 N–H and O–H groups in total. The summed E-state index contributed by atoms with van der Waals surface area (Å²) in [6.07, 6.45) is 2.37. The lowest BCUT2D eigenvalue weighted by atomic mass is 9.35. The zero-order chi connectivity index (χ0) is 42.3. The van der Waals surface area contributed by atoms with Gasteiger partial charge >= 0.3 is 0 Å². The fourth-order valence-electron chi connectivity index (χ4n) is 10.4. The topological polar surface area (TPSA) is 6.48 Å². The fraction of sp³-hybridized carbons (Fsp3) is 0.321. The van der Waals surface area contributed by atoms with Gasteiger partial charge in [-0.25, -0.2) is 0 Å². The molecule has 0 bridgehead atoms. The predicted octanol–water partition coefficient (Wildman–Crippen LogP) is 14.2. The highest BCUT2D eigenvalue weighted by Crippen LogP contribution is 2.52. The SMILES string of the molecule is Cc1cc2c3c(c1)N(c1cc(-c4ccccc4)ccc1C)c1c(sc4ccc(C(C)(C)C)cc14)B3c1cc3c(cc1N2c1ccc(C(C)(C)C)cc1)C(C)(C)CCC3(C)C. The lowest BCUT2D eigenvalue weighted by molar-refractivity contribution is 0.332. The van der Waals surface area contributed by atoms with Gasteiger partial charge < -0.3 is 9.80 Å². The van der Waals surface area contributed by atoms with Gasteiger partial charge in [-0.05, 0) is 152 Å². The average molecular weight is 803 g/mol. The number of rotatable bonds is 3. The highest BCUT2D eigenvalue weighted by molar-refractivity contribution is 7.33. The number of nitrogens with zero attached hydrogens (tertiary/aromatic N) is 2. The Morgan fingerprint density at radius 3 is 1.83 bits per heavy atom. The minimum absolute atomic E-state index is 0.0191. The van der Waals surface area contributed by atoms with Crippen LogP contribution in [0.15, 0.2) is 115 Å². The monoisotopic (exact) mass is 802 g/mol. The van der Waals surface area contributed by atoms with Crippen LogP contribution in [0.1, 0.15) is 115 Å². The van der Waals surface area contributed by atoms with E-state index in [1.54, 1.807) is 0 Å². The van der Waals surface area contributed by atoms with Gasteiger partial charge in [0.1, 0.15) is 0 Å². The molecule has 0 atom stereocenters. The normalized spacial score (nSPS) is 16.4. The third-order valence-electron chi connectivity index (χ3n) is 14.2. The molecule has 1 aliphatic carbocycles. The van der Waals surface area contributed by atoms with Crippen molar-refractivity contribution in [3.8, 4) is 11.1 Å².